The van der Waals surface area contributed by atoms with E-state index < -0.39 is 0 Å². The molecule has 0 spiro atoms. The highest BCUT2D eigenvalue weighted by Crippen LogP contribution is 2.27. The van der Waals surface area contributed by atoms with E-state index in [1.54, 1.807) is 13.4 Å². The number of aromatic nitrogens is 4. The van der Waals surface area contributed by atoms with Gasteiger partial charge in [0, 0.05) is 29.4 Å². The van der Waals surface area contributed by atoms with E-state index in [4.69, 9.17) is 14.7 Å². The number of carbonyl (C=O) groups is 1. The molecule has 5 aromatic rings. The first kappa shape index (κ1) is 23.7. The van der Waals surface area contributed by atoms with Gasteiger partial charge in [-0.3, -0.25) is 9.36 Å². The number of rotatable bonds is 9. The topological polar surface area (TPSA) is 94.0 Å². The number of benzene rings is 3. The van der Waals surface area contributed by atoms with E-state index in [0.29, 0.717) is 41.0 Å². The van der Waals surface area contributed by atoms with Crippen molar-refractivity contribution in [1.82, 2.24) is 24.8 Å². The minimum atomic E-state index is -0.0431. The quantitative estimate of drug-likeness (QED) is 0.292. The van der Waals surface area contributed by atoms with Crippen LogP contribution in [0.5, 0.6) is 5.75 Å². The molecule has 1 amide bonds. The van der Waals surface area contributed by atoms with Gasteiger partial charge in [-0.1, -0.05) is 42.5 Å². The Morgan fingerprint density at radius 1 is 0.974 bits per heavy atom. The highest BCUT2D eigenvalue weighted by atomic mass is 16.5. The van der Waals surface area contributed by atoms with Crippen molar-refractivity contribution >= 4 is 22.9 Å². The number of carbonyl (C=O) groups excluding carboxylic acids is 1. The second-order valence-corrected chi connectivity index (χ2v) is 9.37. The number of anilines is 1. The molecular formula is C30H28N6O2. The van der Waals surface area contributed by atoms with Crippen molar-refractivity contribution in [3.63, 3.8) is 0 Å². The molecule has 1 fully saturated rings. The number of imidazole rings is 1. The molecule has 2 N–H and O–H groups in total. The maximum Gasteiger partial charge on any atom is 0.251 e. The Morgan fingerprint density at radius 2 is 1.74 bits per heavy atom. The van der Waals surface area contributed by atoms with Crippen LogP contribution < -0.4 is 15.4 Å². The minimum Gasteiger partial charge on any atom is -0.497 e. The van der Waals surface area contributed by atoms with Gasteiger partial charge in [0.15, 0.2) is 22.8 Å². The van der Waals surface area contributed by atoms with Gasteiger partial charge >= 0.3 is 0 Å². The zero-order valence-corrected chi connectivity index (χ0v) is 21.1. The molecule has 2 aromatic heterocycles. The van der Waals surface area contributed by atoms with Gasteiger partial charge in [-0.15, -0.1) is 0 Å². The van der Waals surface area contributed by atoms with Crippen LogP contribution in [0, 0.1) is 0 Å². The standard InChI is InChI=1S/C30H28N6O2/c1-38-25-15-7-20(8-16-25)17-18-31-28-26-29(36(19-32-26)24-5-3-2-4-6-24)35-27(34-28)21-9-11-22(12-10-21)30(37)33-23-13-14-23/h2-12,15-16,19,23H,13-14,17-18H2,1H3,(H,33,37)(H,31,34,35). The lowest BCUT2D eigenvalue weighted by molar-refractivity contribution is 0.0951. The smallest absolute Gasteiger partial charge is 0.251 e. The number of nitrogens with zero attached hydrogens (tertiary/aromatic N) is 4. The summed E-state index contributed by atoms with van der Waals surface area (Å²) in [6, 6.07) is 25.8. The first-order chi connectivity index (χ1) is 18.7. The second-order valence-electron chi connectivity index (χ2n) is 9.37. The summed E-state index contributed by atoms with van der Waals surface area (Å²) in [5.41, 5.74) is 5.04. The van der Waals surface area contributed by atoms with Crippen molar-refractivity contribution in [2.45, 2.75) is 25.3 Å². The molecule has 0 unspecified atom stereocenters. The third-order valence-electron chi connectivity index (χ3n) is 6.61. The van der Waals surface area contributed by atoms with E-state index in [1.165, 1.54) is 5.56 Å². The summed E-state index contributed by atoms with van der Waals surface area (Å²) in [6.45, 7) is 0.677. The van der Waals surface area contributed by atoms with Crippen molar-refractivity contribution in [1.29, 1.82) is 0 Å². The fourth-order valence-corrected chi connectivity index (χ4v) is 4.31. The van der Waals surface area contributed by atoms with Crippen molar-refractivity contribution < 1.29 is 9.53 Å². The molecule has 1 saturated carbocycles. The Kier molecular flexibility index (Phi) is 6.44. The Balaban J connectivity index is 1.31. The summed E-state index contributed by atoms with van der Waals surface area (Å²) in [6.07, 6.45) is 4.70. The fourth-order valence-electron chi connectivity index (χ4n) is 4.31. The van der Waals surface area contributed by atoms with Crippen molar-refractivity contribution in [3.05, 3.63) is 96.3 Å². The number of fused-ring (bicyclic) bond motifs is 1. The van der Waals surface area contributed by atoms with Crippen LogP contribution in [-0.2, 0) is 6.42 Å². The maximum absolute atomic E-state index is 12.4. The lowest BCUT2D eigenvalue weighted by Crippen LogP contribution is -2.25. The third kappa shape index (κ3) is 5.06. The molecule has 8 heteroatoms. The van der Waals surface area contributed by atoms with E-state index in [9.17, 15) is 4.79 Å². The molecule has 1 aliphatic rings. The maximum atomic E-state index is 12.4. The van der Waals surface area contributed by atoms with Gasteiger partial charge in [0.25, 0.3) is 5.91 Å². The van der Waals surface area contributed by atoms with Crippen LogP contribution in [-0.4, -0.2) is 45.1 Å². The SMILES string of the molecule is COc1ccc(CCNc2nc(-c3ccc(C(=O)NC4CC4)cc3)nc3c2ncn3-c2ccccc2)cc1. The average Bonchev–Trinajstić information content (AvgIpc) is 3.68. The summed E-state index contributed by atoms with van der Waals surface area (Å²) >= 11 is 0. The van der Waals surface area contributed by atoms with E-state index in [-0.39, 0.29) is 5.91 Å². The van der Waals surface area contributed by atoms with Crippen LogP contribution in [0.25, 0.3) is 28.2 Å². The number of hydrogen-bond acceptors (Lipinski definition) is 6. The number of methoxy groups -OCH3 is 1. The molecule has 3 aromatic carbocycles. The lowest BCUT2D eigenvalue weighted by atomic mass is 10.1. The van der Waals surface area contributed by atoms with E-state index >= 15 is 0 Å². The third-order valence-corrected chi connectivity index (χ3v) is 6.61. The predicted molar refractivity (Wildman–Crippen MR) is 148 cm³/mol. The minimum absolute atomic E-state index is 0.0431. The van der Waals surface area contributed by atoms with Crippen LogP contribution in [0.3, 0.4) is 0 Å². The number of hydrogen-bond donors (Lipinski definition) is 2. The molecule has 0 saturated heterocycles. The Bertz CT molecular complexity index is 1560. The summed E-state index contributed by atoms with van der Waals surface area (Å²) in [7, 11) is 1.67. The monoisotopic (exact) mass is 504 g/mol. The van der Waals surface area contributed by atoms with Gasteiger partial charge in [-0.25, -0.2) is 15.0 Å². The molecule has 8 nitrogen and oxygen atoms in total. The van der Waals surface area contributed by atoms with E-state index in [1.807, 2.05) is 71.3 Å². The Labute approximate surface area is 220 Å². The summed E-state index contributed by atoms with van der Waals surface area (Å²) in [5, 5.41) is 6.50. The number of nitrogens with one attached hydrogen (secondary N) is 2. The summed E-state index contributed by atoms with van der Waals surface area (Å²) in [4.78, 5) is 26.8. The highest BCUT2D eigenvalue weighted by Gasteiger charge is 2.24. The van der Waals surface area contributed by atoms with Gasteiger partial charge in [-0.05, 0) is 61.2 Å². The molecule has 1 aliphatic carbocycles. The molecule has 0 radical (unpaired) electrons. The van der Waals surface area contributed by atoms with Crippen LogP contribution in [0.15, 0.2) is 85.2 Å². The van der Waals surface area contributed by atoms with Crippen molar-refractivity contribution in [2.75, 3.05) is 19.0 Å². The Hall–Kier alpha value is -4.72. The molecule has 6 rings (SSSR count). The molecule has 0 aliphatic heterocycles. The number of ether oxygens (including phenoxy) is 1. The molecule has 38 heavy (non-hydrogen) atoms. The zero-order chi connectivity index (χ0) is 25.9. The van der Waals surface area contributed by atoms with Crippen LogP contribution >= 0.6 is 0 Å². The predicted octanol–water partition coefficient (Wildman–Crippen LogP) is 5.04. The van der Waals surface area contributed by atoms with Gasteiger partial charge < -0.3 is 15.4 Å². The lowest BCUT2D eigenvalue weighted by Gasteiger charge is -2.11. The number of para-hydroxylation sites is 1. The van der Waals surface area contributed by atoms with Gasteiger partial charge in [0.1, 0.15) is 12.1 Å². The molecular weight excluding hydrogens is 476 g/mol. The number of amides is 1. The molecule has 190 valence electrons. The van der Waals surface area contributed by atoms with Gasteiger partial charge in [-0.2, -0.15) is 0 Å². The van der Waals surface area contributed by atoms with Crippen LogP contribution in [0.4, 0.5) is 5.82 Å². The largest absolute Gasteiger partial charge is 0.497 e. The second kappa shape index (κ2) is 10.3. The molecule has 0 bridgehead atoms. The Morgan fingerprint density at radius 3 is 2.45 bits per heavy atom. The normalized spacial score (nSPS) is 12.9. The van der Waals surface area contributed by atoms with Gasteiger partial charge in [0.05, 0.1) is 7.11 Å². The molecule has 2 heterocycles. The molecule has 0 atom stereocenters. The van der Waals surface area contributed by atoms with Crippen LogP contribution in [0.1, 0.15) is 28.8 Å². The van der Waals surface area contributed by atoms with Crippen molar-refractivity contribution in [2.24, 2.45) is 0 Å². The first-order valence-corrected chi connectivity index (χ1v) is 12.8. The van der Waals surface area contributed by atoms with Crippen molar-refractivity contribution in [3.8, 4) is 22.8 Å². The first-order valence-electron chi connectivity index (χ1n) is 12.8. The zero-order valence-electron chi connectivity index (χ0n) is 21.1. The summed E-state index contributed by atoms with van der Waals surface area (Å²) < 4.78 is 7.22. The van der Waals surface area contributed by atoms with E-state index in [0.717, 1.165) is 36.3 Å². The average molecular weight is 505 g/mol. The van der Waals surface area contributed by atoms with Crippen LogP contribution in [0.2, 0.25) is 0 Å². The van der Waals surface area contributed by atoms with E-state index in [2.05, 4.69) is 27.8 Å². The fraction of sp³-hybridized carbons (Fsp3) is 0.200. The van der Waals surface area contributed by atoms with Gasteiger partial charge in [0.2, 0.25) is 0 Å². The highest BCUT2D eigenvalue weighted by molar-refractivity contribution is 5.95. The summed E-state index contributed by atoms with van der Waals surface area (Å²) in [5.74, 6) is 2.03.